The second kappa shape index (κ2) is 8.15. The van der Waals surface area contributed by atoms with Crippen LogP contribution < -0.4 is 14.8 Å². The SMILES string of the molecule is N#Cc1ccc(SCCC(=O)Nc2cc3c(cc2Cl)OCCO3)cc1. The number of nitrogens with one attached hydrogen (secondary N) is 1. The van der Waals surface area contributed by atoms with E-state index in [0.29, 0.717) is 53.2 Å². The van der Waals surface area contributed by atoms with Crippen LogP contribution in [0.5, 0.6) is 11.5 Å². The number of benzene rings is 2. The molecule has 1 aliphatic heterocycles. The standard InChI is InChI=1S/C18H15ClN2O3S/c19-14-9-16-17(24-7-6-23-16)10-15(14)21-18(22)5-8-25-13-3-1-12(11-20)2-4-13/h1-4,9-10H,5-8H2,(H,21,22). The quantitative estimate of drug-likeness (QED) is 0.797. The third-order valence-corrected chi connectivity index (χ3v) is 4.81. The molecule has 0 fully saturated rings. The maximum absolute atomic E-state index is 12.1. The van der Waals surface area contributed by atoms with Crippen molar-refractivity contribution in [2.45, 2.75) is 11.3 Å². The van der Waals surface area contributed by atoms with Gasteiger partial charge < -0.3 is 14.8 Å². The van der Waals surface area contributed by atoms with E-state index in [2.05, 4.69) is 11.4 Å². The van der Waals surface area contributed by atoms with Crippen molar-refractivity contribution in [3.8, 4) is 17.6 Å². The Balaban J connectivity index is 1.53. The minimum absolute atomic E-state index is 0.125. The summed E-state index contributed by atoms with van der Waals surface area (Å²) in [5.74, 6) is 1.67. The Hall–Kier alpha value is -2.36. The number of thioether (sulfide) groups is 1. The Kier molecular flexibility index (Phi) is 5.69. The molecule has 1 amide bonds. The van der Waals surface area contributed by atoms with E-state index in [9.17, 15) is 4.79 Å². The van der Waals surface area contributed by atoms with Gasteiger partial charge in [-0.2, -0.15) is 5.26 Å². The zero-order valence-corrected chi connectivity index (χ0v) is 14.8. The average molecular weight is 375 g/mol. The molecule has 0 aromatic heterocycles. The smallest absolute Gasteiger partial charge is 0.225 e. The Morgan fingerprint density at radius 2 is 1.88 bits per heavy atom. The molecule has 0 unspecified atom stereocenters. The van der Waals surface area contributed by atoms with Gasteiger partial charge in [0.25, 0.3) is 0 Å². The molecule has 7 heteroatoms. The number of fused-ring (bicyclic) bond motifs is 1. The molecule has 1 heterocycles. The summed E-state index contributed by atoms with van der Waals surface area (Å²) in [6, 6.07) is 12.7. The zero-order valence-electron chi connectivity index (χ0n) is 13.3. The largest absolute Gasteiger partial charge is 0.486 e. The topological polar surface area (TPSA) is 71.4 Å². The third kappa shape index (κ3) is 4.59. The fourth-order valence-corrected chi connectivity index (χ4v) is 3.31. The van der Waals surface area contributed by atoms with E-state index in [-0.39, 0.29) is 5.91 Å². The Labute approximate surface area is 154 Å². The number of hydrogen-bond acceptors (Lipinski definition) is 5. The highest BCUT2D eigenvalue weighted by Gasteiger charge is 2.16. The van der Waals surface area contributed by atoms with Crippen LogP contribution in [0.4, 0.5) is 5.69 Å². The first-order valence-corrected chi connectivity index (χ1v) is 9.04. The molecule has 0 radical (unpaired) electrons. The van der Waals surface area contributed by atoms with Gasteiger partial charge in [-0.1, -0.05) is 11.6 Å². The molecule has 3 rings (SSSR count). The van der Waals surface area contributed by atoms with Crippen LogP contribution in [0.2, 0.25) is 5.02 Å². The van der Waals surface area contributed by atoms with Crippen LogP contribution in [0.25, 0.3) is 0 Å². The highest BCUT2D eigenvalue weighted by molar-refractivity contribution is 7.99. The number of rotatable bonds is 5. The van der Waals surface area contributed by atoms with E-state index >= 15 is 0 Å². The van der Waals surface area contributed by atoms with E-state index in [0.717, 1.165) is 4.90 Å². The van der Waals surface area contributed by atoms with E-state index in [4.69, 9.17) is 26.3 Å². The van der Waals surface area contributed by atoms with Crippen LogP contribution in [-0.4, -0.2) is 24.9 Å². The van der Waals surface area contributed by atoms with Crippen LogP contribution in [0.1, 0.15) is 12.0 Å². The number of halogens is 1. The van der Waals surface area contributed by atoms with Crippen LogP contribution >= 0.6 is 23.4 Å². The predicted molar refractivity (Wildman–Crippen MR) is 97.6 cm³/mol. The van der Waals surface area contributed by atoms with Crippen molar-refractivity contribution in [1.82, 2.24) is 0 Å². The van der Waals surface area contributed by atoms with Crippen molar-refractivity contribution in [3.05, 3.63) is 47.0 Å². The summed E-state index contributed by atoms with van der Waals surface area (Å²) in [5, 5.41) is 12.0. The lowest BCUT2D eigenvalue weighted by Crippen LogP contribution is -2.17. The molecule has 25 heavy (non-hydrogen) atoms. The average Bonchev–Trinajstić information content (AvgIpc) is 2.63. The number of amides is 1. The summed E-state index contributed by atoms with van der Waals surface area (Å²) >= 11 is 7.74. The summed E-state index contributed by atoms with van der Waals surface area (Å²) in [6.45, 7) is 0.963. The molecule has 2 aromatic rings. The van der Waals surface area contributed by atoms with E-state index in [1.807, 2.05) is 12.1 Å². The number of ether oxygens (including phenoxy) is 2. The highest BCUT2D eigenvalue weighted by atomic mass is 35.5. The first-order chi connectivity index (χ1) is 12.2. The second-order valence-electron chi connectivity index (χ2n) is 5.26. The van der Waals surface area contributed by atoms with Gasteiger partial charge in [0.1, 0.15) is 13.2 Å². The van der Waals surface area contributed by atoms with Gasteiger partial charge in [0.05, 0.1) is 22.3 Å². The minimum Gasteiger partial charge on any atom is -0.486 e. The minimum atomic E-state index is -0.125. The molecule has 1 aliphatic rings. The lowest BCUT2D eigenvalue weighted by atomic mass is 10.2. The predicted octanol–water partition coefficient (Wildman–Crippen LogP) is 4.10. The number of carbonyl (C=O) groups is 1. The summed E-state index contributed by atoms with van der Waals surface area (Å²) in [5.41, 5.74) is 1.13. The van der Waals surface area contributed by atoms with Crippen molar-refractivity contribution in [3.63, 3.8) is 0 Å². The summed E-state index contributed by atoms with van der Waals surface area (Å²) in [6.07, 6.45) is 0.343. The normalized spacial score (nSPS) is 12.3. The van der Waals surface area contributed by atoms with Gasteiger partial charge in [-0.3, -0.25) is 4.79 Å². The first-order valence-electron chi connectivity index (χ1n) is 7.67. The van der Waals surface area contributed by atoms with E-state index < -0.39 is 0 Å². The Bertz CT molecular complexity index is 818. The lowest BCUT2D eigenvalue weighted by Gasteiger charge is -2.20. The van der Waals surface area contributed by atoms with Gasteiger partial charge >= 0.3 is 0 Å². The summed E-state index contributed by atoms with van der Waals surface area (Å²) in [4.78, 5) is 13.1. The van der Waals surface area contributed by atoms with Gasteiger partial charge in [0, 0.05) is 29.2 Å². The van der Waals surface area contributed by atoms with Crippen LogP contribution in [-0.2, 0) is 4.79 Å². The molecule has 0 spiro atoms. The monoisotopic (exact) mass is 374 g/mol. The van der Waals surface area contributed by atoms with Crippen LogP contribution in [0, 0.1) is 11.3 Å². The Morgan fingerprint density at radius 1 is 1.20 bits per heavy atom. The van der Waals surface area contributed by atoms with E-state index in [1.54, 1.807) is 36.0 Å². The van der Waals surface area contributed by atoms with Crippen molar-refractivity contribution in [2.24, 2.45) is 0 Å². The molecular formula is C18H15ClN2O3S. The number of nitriles is 1. The number of carbonyl (C=O) groups excluding carboxylic acids is 1. The highest BCUT2D eigenvalue weighted by Crippen LogP contribution is 2.38. The lowest BCUT2D eigenvalue weighted by molar-refractivity contribution is -0.115. The van der Waals surface area contributed by atoms with Gasteiger partial charge in [-0.25, -0.2) is 0 Å². The molecule has 5 nitrogen and oxygen atoms in total. The van der Waals surface area contributed by atoms with Crippen LogP contribution in [0.3, 0.4) is 0 Å². The first kappa shape index (κ1) is 17.5. The van der Waals surface area contributed by atoms with Gasteiger partial charge in [-0.15, -0.1) is 11.8 Å². The van der Waals surface area contributed by atoms with Crippen molar-refractivity contribution >= 4 is 35.0 Å². The Morgan fingerprint density at radius 3 is 2.56 bits per heavy atom. The second-order valence-corrected chi connectivity index (χ2v) is 6.83. The van der Waals surface area contributed by atoms with Crippen molar-refractivity contribution in [1.29, 1.82) is 5.26 Å². The van der Waals surface area contributed by atoms with Crippen LogP contribution in [0.15, 0.2) is 41.3 Å². The van der Waals surface area contributed by atoms with Crippen molar-refractivity contribution < 1.29 is 14.3 Å². The summed E-state index contributed by atoms with van der Waals surface area (Å²) < 4.78 is 10.9. The molecule has 1 N–H and O–H groups in total. The molecule has 0 atom stereocenters. The molecule has 0 aliphatic carbocycles. The van der Waals surface area contributed by atoms with Gasteiger partial charge in [-0.05, 0) is 24.3 Å². The third-order valence-electron chi connectivity index (χ3n) is 3.49. The maximum atomic E-state index is 12.1. The molecule has 0 saturated carbocycles. The molecule has 2 aromatic carbocycles. The van der Waals surface area contributed by atoms with Crippen molar-refractivity contribution in [2.75, 3.05) is 24.3 Å². The zero-order chi connectivity index (χ0) is 17.6. The molecular weight excluding hydrogens is 360 g/mol. The van der Waals surface area contributed by atoms with E-state index in [1.165, 1.54) is 0 Å². The number of anilines is 1. The maximum Gasteiger partial charge on any atom is 0.225 e. The van der Waals surface area contributed by atoms with Gasteiger partial charge in [0.15, 0.2) is 11.5 Å². The fourth-order valence-electron chi connectivity index (χ4n) is 2.26. The fraction of sp³-hybridized carbons (Fsp3) is 0.222. The molecule has 128 valence electrons. The summed E-state index contributed by atoms with van der Waals surface area (Å²) in [7, 11) is 0. The van der Waals surface area contributed by atoms with Gasteiger partial charge in [0.2, 0.25) is 5.91 Å². The molecule has 0 saturated heterocycles. The number of hydrogen-bond donors (Lipinski definition) is 1. The number of nitrogens with zero attached hydrogens (tertiary/aromatic N) is 1. The molecule has 0 bridgehead atoms.